The molecule has 1 rings (SSSR count). The molecule has 0 bridgehead atoms. The lowest BCUT2D eigenvalue weighted by atomic mass is 9.99. The van der Waals surface area contributed by atoms with Gasteiger partial charge in [0.15, 0.2) is 0 Å². The number of hydrogen-bond acceptors (Lipinski definition) is 3. The average Bonchev–Trinajstić information content (AvgIpc) is 2.17. The Morgan fingerprint density at radius 1 is 1.44 bits per heavy atom. The molecule has 0 aliphatic rings. The van der Waals surface area contributed by atoms with E-state index < -0.39 is 28.8 Å². The van der Waals surface area contributed by atoms with E-state index in [4.69, 9.17) is 5.73 Å². The van der Waals surface area contributed by atoms with Gasteiger partial charge in [-0.1, -0.05) is 6.07 Å². The van der Waals surface area contributed by atoms with Crippen LogP contribution in [-0.4, -0.2) is 17.9 Å². The minimum atomic E-state index is -2.73. The fourth-order valence-corrected chi connectivity index (χ4v) is 1.29. The molecule has 0 aliphatic carbocycles. The third-order valence-corrected chi connectivity index (χ3v) is 2.15. The normalized spacial score (nSPS) is 12.8. The lowest BCUT2D eigenvalue weighted by Gasteiger charge is -2.13. The third kappa shape index (κ3) is 2.48. The van der Waals surface area contributed by atoms with Crippen molar-refractivity contribution in [1.29, 1.82) is 0 Å². The molecule has 88 valence electrons. The molecule has 1 aromatic rings. The second-order valence-electron chi connectivity index (χ2n) is 3.14. The molecule has 1 aromatic carbocycles. The maximum atomic E-state index is 13.1. The minimum Gasteiger partial charge on any atom is -0.330 e. The van der Waals surface area contributed by atoms with E-state index in [0.717, 1.165) is 18.2 Å². The number of hydrogen-bond donors (Lipinski definition) is 1. The van der Waals surface area contributed by atoms with Crippen LogP contribution in [0.1, 0.15) is 11.5 Å². The van der Waals surface area contributed by atoms with Crippen LogP contribution in [0.25, 0.3) is 0 Å². The highest BCUT2D eigenvalue weighted by Gasteiger charge is 2.23. The van der Waals surface area contributed by atoms with Crippen LogP contribution < -0.4 is 5.73 Å². The monoisotopic (exact) mass is 234 g/mol. The maximum Gasteiger partial charge on any atom is 0.304 e. The fraction of sp³-hybridized carbons (Fsp3) is 0.333. The van der Waals surface area contributed by atoms with E-state index >= 15 is 0 Å². The molecule has 7 heteroatoms. The Balaban J connectivity index is 3.09. The van der Waals surface area contributed by atoms with Crippen LogP contribution in [0.4, 0.5) is 18.9 Å². The zero-order valence-corrected chi connectivity index (χ0v) is 8.07. The Morgan fingerprint density at radius 3 is 2.44 bits per heavy atom. The van der Waals surface area contributed by atoms with Gasteiger partial charge in [0.25, 0.3) is 0 Å². The van der Waals surface area contributed by atoms with Gasteiger partial charge in [0.2, 0.25) is 12.2 Å². The van der Waals surface area contributed by atoms with Gasteiger partial charge in [-0.15, -0.1) is 0 Å². The summed E-state index contributed by atoms with van der Waals surface area (Å²) in [5.74, 6) is -2.45. The zero-order chi connectivity index (χ0) is 12.3. The Kier molecular flexibility index (Phi) is 3.83. The minimum absolute atomic E-state index is 0.0411. The number of nitro groups is 1. The Bertz CT molecular complexity index is 398. The highest BCUT2D eigenvalue weighted by Crippen LogP contribution is 2.26. The molecule has 0 amide bonds. The molecule has 2 N–H and O–H groups in total. The highest BCUT2D eigenvalue weighted by molar-refractivity contribution is 5.36. The van der Waals surface area contributed by atoms with Gasteiger partial charge in [-0.2, -0.15) is 4.39 Å². The van der Waals surface area contributed by atoms with E-state index in [2.05, 4.69) is 0 Å². The number of benzene rings is 1. The van der Waals surface area contributed by atoms with Gasteiger partial charge in [-0.05, 0) is 11.6 Å². The van der Waals surface area contributed by atoms with E-state index in [-0.39, 0.29) is 12.1 Å². The van der Waals surface area contributed by atoms with Crippen molar-refractivity contribution in [2.24, 2.45) is 5.73 Å². The van der Waals surface area contributed by atoms with Crippen molar-refractivity contribution in [3.8, 4) is 0 Å². The summed E-state index contributed by atoms with van der Waals surface area (Å²) >= 11 is 0. The van der Waals surface area contributed by atoms with Crippen molar-refractivity contribution in [3.63, 3.8) is 0 Å². The van der Waals surface area contributed by atoms with Crippen molar-refractivity contribution < 1.29 is 18.1 Å². The van der Waals surface area contributed by atoms with Crippen molar-refractivity contribution in [2.75, 3.05) is 6.54 Å². The van der Waals surface area contributed by atoms with Crippen LogP contribution >= 0.6 is 0 Å². The Labute approximate surface area is 89.0 Å². The molecule has 0 aromatic heterocycles. The first-order valence-corrected chi connectivity index (χ1v) is 4.39. The molecule has 0 aliphatic heterocycles. The molecule has 1 unspecified atom stereocenters. The third-order valence-electron chi connectivity index (χ3n) is 2.15. The second kappa shape index (κ2) is 4.93. The first-order chi connectivity index (χ1) is 7.47. The second-order valence-corrected chi connectivity index (χ2v) is 3.14. The lowest BCUT2D eigenvalue weighted by molar-refractivity contribution is -0.387. The van der Waals surface area contributed by atoms with Gasteiger partial charge >= 0.3 is 5.69 Å². The molecule has 0 fully saturated rings. The summed E-state index contributed by atoms with van der Waals surface area (Å²) in [6, 6.07) is 2.67. The largest absolute Gasteiger partial charge is 0.330 e. The molecular formula is C9H9F3N2O2. The first-order valence-electron chi connectivity index (χ1n) is 4.39. The van der Waals surface area contributed by atoms with E-state index in [1.807, 2.05) is 0 Å². The molecular weight excluding hydrogens is 225 g/mol. The Morgan fingerprint density at radius 2 is 2.06 bits per heavy atom. The standard InChI is InChI=1S/C9H9F3N2O2/c10-7-3-5(6(4-13)9(11)12)1-2-8(7)14(15)16/h1-3,6,9H,4,13H2. The van der Waals surface area contributed by atoms with Crippen molar-refractivity contribution >= 4 is 5.69 Å². The molecule has 4 nitrogen and oxygen atoms in total. The number of nitrogens with zero attached hydrogens (tertiary/aromatic N) is 1. The van der Waals surface area contributed by atoms with E-state index in [9.17, 15) is 23.3 Å². The molecule has 0 spiro atoms. The van der Waals surface area contributed by atoms with E-state index in [1.54, 1.807) is 0 Å². The molecule has 0 saturated heterocycles. The molecule has 16 heavy (non-hydrogen) atoms. The summed E-state index contributed by atoms with van der Waals surface area (Å²) in [5.41, 5.74) is 4.33. The average molecular weight is 234 g/mol. The summed E-state index contributed by atoms with van der Waals surface area (Å²) in [4.78, 5) is 9.38. The van der Waals surface area contributed by atoms with Gasteiger partial charge in [0, 0.05) is 12.6 Å². The van der Waals surface area contributed by atoms with Crippen molar-refractivity contribution in [3.05, 3.63) is 39.7 Å². The highest BCUT2D eigenvalue weighted by atomic mass is 19.3. The molecule has 0 radical (unpaired) electrons. The van der Waals surface area contributed by atoms with Crippen LogP contribution in [0.5, 0.6) is 0 Å². The van der Waals surface area contributed by atoms with Crippen molar-refractivity contribution in [1.82, 2.24) is 0 Å². The summed E-state index contributed by atoms with van der Waals surface area (Å²) in [5, 5.41) is 10.3. The SMILES string of the molecule is NCC(c1ccc([N+](=O)[O-])c(F)c1)C(F)F. The van der Waals surface area contributed by atoms with Crippen LogP contribution in [0.3, 0.4) is 0 Å². The zero-order valence-electron chi connectivity index (χ0n) is 8.07. The summed E-state index contributed by atoms with van der Waals surface area (Å²) in [7, 11) is 0. The topological polar surface area (TPSA) is 69.2 Å². The quantitative estimate of drug-likeness (QED) is 0.640. The van der Waals surface area contributed by atoms with Crippen LogP contribution in [0, 0.1) is 15.9 Å². The number of nitrogens with two attached hydrogens (primary N) is 1. The number of alkyl halides is 2. The van der Waals surface area contributed by atoms with Gasteiger partial charge in [-0.25, -0.2) is 8.78 Å². The van der Waals surface area contributed by atoms with Gasteiger partial charge in [0.05, 0.1) is 10.8 Å². The Hall–Kier alpha value is -1.63. The smallest absolute Gasteiger partial charge is 0.304 e. The first kappa shape index (κ1) is 12.4. The summed E-state index contributed by atoms with van der Waals surface area (Å²) in [6.45, 7) is -0.352. The maximum absolute atomic E-state index is 13.1. The van der Waals surface area contributed by atoms with Gasteiger partial charge < -0.3 is 5.73 Å². The molecule has 0 saturated carbocycles. The summed E-state index contributed by atoms with van der Waals surface area (Å²) < 4.78 is 38.0. The number of halogens is 3. The predicted octanol–water partition coefficient (Wildman–Crippen LogP) is 2.04. The lowest BCUT2D eigenvalue weighted by Crippen LogP contribution is -2.19. The summed E-state index contributed by atoms with van der Waals surface area (Å²) in [6.07, 6.45) is -2.73. The van der Waals surface area contributed by atoms with Crippen LogP contribution in [0.2, 0.25) is 0 Å². The number of nitro benzene ring substituents is 1. The van der Waals surface area contributed by atoms with Crippen LogP contribution in [0.15, 0.2) is 18.2 Å². The van der Waals surface area contributed by atoms with Gasteiger partial charge in [-0.3, -0.25) is 10.1 Å². The van der Waals surface area contributed by atoms with Crippen molar-refractivity contribution in [2.45, 2.75) is 12.3 Å². The van der Waals surface area contributed by atoms with E-state index in [1.165, 1.54) is 0 Å². The molecule has 1 atom stereocenters. The van der Waals surface area contributed by atoms with Crippen LogP contribution in [-0.2, 0) is 0 Å². The number of rotatable bonds is 4. The fourth-order valence-electron chi connectivity index (χ4n) is 1.29. The predicted molar refractivity (Wildman–Crippen MR) is 50.9 cm³/mol. The van der Waals surface area contributed by atoms with E-state index in [0.29, 0.717) is 0 Å². The molecule has 0 heterocycles. The van der Waals surface area contributed by atoms with Gasteiger partial charge in [0.1, 0.15) is 0 Å².